The van der Waals surface area contributed by atoms with Crippen LogP contribution >= 0.6 is 0 Å². The molecule has 0 bridgehead atoms. The highest BCUT2D eigenvalue weighted by Crippen LogP contribution is 2.27. The predicted molar refractivity (Wildman–Crippen MR) is 107 cm³/mol. The number of hydrogen-bond donors (Lipinski definition) is 2. The number of ether oxygens (including phenoxy) is 1. The van der Waals surface area contributed by atoms with E-state index in [4.69, 9.17) is 4.42 Å². The number of H-pyrrole nitrogens is 1. The van der Waals surface area contributed by atoms with Gasteiger partial charge in [0.15, 0.2) is 5.58 Å². The molecule has 1 aliphatic rings. The molecule has 7 nitrogen and oxygen atoms in total. The molecule has 1 aliphatic heterocycles. The number of oxazole rings is 1. The Kier molecular flexibility index (Phi) is 5.62. The highest BCUT2D eigenvalue weighted by Gasteiger charge is 2.31. The predicted octanol–water partition coefficient (Wildman–Crippen LogP) is 3.67. The van der Waals surface area contributed by atoms with Gasteiger partial charge in [-0.25, -0.2) is 4.79 Å². The molecule has 0 aliphatic carbocycles. The van der Waals surface area contributed by atoms with E-state index in [-0.39, 0.29) is 11.7 Å². The molecular weight excluding hydrogens is 415 g/mol. The highest BCUT2D eigenvalue weighted by atomic mass is 19.4. The Hall–Kier alpha value is -3.43. The van der Waals surface area contributed by atoms with Gasteiger partial charge < -0.3 is 19.4 Å². The van der Waals surface area contributed by atoms with Crippen LogP contribution in [0.5, 0.6) is 5.75 Å². The van der Waals surface area contributed by atoms with Crippen molar-refractivity contribution in [2.75, 3.05) is 24.5 Å². The van der Waals surface area contributed by atoms with Crippen molar-refractivity contribution in [1.82, 2.24) is 10.3 Å². The molecule has 0 spiro atoms. The number of piperidine rings is 1. The first kappa shape index (κ1) is 20.8. The van der Waals surface area contributed by atoms with Gasteiger partial charge in [0.1, 0.15) is 5.75 Å². The van der Waals surface area contributed by atoms with Gasteiger partial charge in [-0.1, -0.05) is 0 Å². The largest absolute Gasteiger partial charge is 0.573 e. The number of alkyl halides is 3. The Labute approximate surface area is 174 Å². The number of hydrogen-bond acceptors (Lipinski definition) is 5. The summed E-state index contributed by atoms with van der Waals surface area (Å²) < 4.78 is 45.7. The van der Waals surface area contributed by atoms with E-state index in [2.05, 4.69) is 19.9 Å². The molecule has 0 atom stereocenters. The summed E-state index contributed by atoms with van der Waals surface area (Å²) in [5, 5.41) is 2.91. The number of carbonyl (C=O) groups is 1. The summed E-state index contributed by atoms with van der Waals surface area (Å²) in [6, 6.07) is 10.6. The van der Waals surface area contributed by atoms with E-state index < -0.39 is 12.1 Å². The third kappa shape index (κ3) is 5.19. The van der Waals surface area contributed by atoms with Crippen molar-refractivity contribution in [2.45, 2.75) is 19.2 Å². The molecule has 2 heterocycles. The van der Waals surface area contributed by atoms with Gasteiger partial charge >= 0.3 is 12.1 Å². The third-order valence-corrected chi connectivity index (χ3v) is 5.28. The molecule has 3 aromatic rings. The number of rotatable bonds is 5. The van der Waals surface area contributed by atoms with Crippen LogP contribution in [0.4, 0.5) is 18.9 Å². The number of halogens is 3. The zero-order valence-electron chi connectivity index (χ0n) is 16.4. The quantitative estimate of drug-likeness (QED) is 0.639. The summed E-state index contributed by atoms with van der Waals surface area (Å²) in [6.45, 7) is 1.99. The minimum atomic E-state index is -4.70. The number of aromatic nitrogens is 1. The minimum absolute atomic E-state index is 0.242. The summed E-state index contributed by atoms with van der Waals surface area (Å²) in [5.41, 5.74) is 2.11. The van der Waals surface area contributed by atoms with E-state index in [0.29, 0.717) is 29.1 Å². The molecule has 0 saturated carbocycles. The number of anilines is 1. The van der Waals surface area contributed by atoms with Crippen LogP contribution in [0.3, 0.4) is 0 Å². The maximum atomic E-state index is 12.4. The topological polar surface area (TPSA) is 87.6 Å². The number of benzene rings is 2. The van der Waals surface area contributed by atoms with Gasteiger partial charge in [-0.2, -0.15) is 0 Å². The summed E-state index contributed by atoms with van der Waals surface area (Å²) >= 11 is 0. The Morgan fingerprint density at radius 3 is 2.55 bits per heavy atom. The van der Waals surface area contributed by atoms with Gasteiger partial charge in [0.05, 0.1) is 5.52 Å². The number of nitrogens with zero attached hydrogens (tertiary/aromatic N) is 1. The van der Waals surface area contributed by atoms with E-state index in [0.717, 1.165) is 31.6 Å². The molecule has 31 heavy (non-hydrogen) atoms. The van der Waals surface area contributed by atoms with Crippen LogP contribution in [0.15, 0.2) is 51.7 Å². The smallest absolute Gasteiger partial charge is 0.408 e. The number of nitrogens with one attached hydrogen (secondary N) is 2. The number of carbonyl (C=O) groups excluding carboxylic acids is 1. The van der Waals surface area contributed by atoms with E-state index in [1.165, 1.54) is 18.2 Å². The molecule has 1 saturated heterocycles. The molecule has 10 heteroatoms. The van der Waals surface area contributed by atoms with Crippen molar-refractivity contribution in [3.63, 3.8) is 0 Å². The summed E-state index contributed by atoms with van der Waals surface area (Å²) in [4.78, 5) is 28.3. The Morgan fingerprint density at radius 2 is 1.87 bits per heavy atom. The molecule has 1 aromatic heterocycles. The second-order valence-corrected chi connectivity index (χ2v) is 7.41. The molecular formula is C21H20F3N3O4. The molecule has 0 unspecified atom stereocenters. The molecule has 1 amide bonds. The number of aromatic amines is 1. The van der Waals surface area contributed by atoms with Crippen LogP contribution in [0.25, 0.3) is 11.1 Å². The normalized spacial score (nSPS) is 15.3. The third-order valence-electron chi connectivity index (χ3n) is 5.28. The summed E-state index contributed by atoms with van der Waals surface area (Å²) in [7, 11) is 0. The maximum absolute atomic E-state index is 12.4. The lowest BCUT2D eigenvalue weighted by Crippen LogP contribution is -2.38. The van der Waals surface area contributed by atoms with Crippen LogP contribution in [0, 0.1) is 5.92 Å². The first-order valence-corrected chi connectivity index (χ1v) is 9.79. The molecule has 2 aromatic carbocycles. The van der Waals surface area contributed by atoms with Crippen LogP contribution < -0.4 is 20.7 Å². The lowest BCUT2D eigenvalue weighted by molar-refractivity contribution is -0.274. The molecule has 0 radical (unpaired) electrons. The van der Waals surface area contributed by atoms with Crippen LogP contribution in [0.2, 0.25) is 0 Å². The Balaban J connectivity index is 1.27. The maximum Gasteiger partial charge on any atom is 0.573 e. The van der Waals surface area contributed by atoms with E-state index in [9.17, 15) is 22.8 Å². The van der Waals surface area contributed by atoms with Gasteiger partial charge in [-0.15, -0.1) is 13.2 Å². The van der Waals surface area contributed by atoms with Crippen molar-refractivity contribution in [2.24, 2.45) is 5.92 Å². The average molecular weight is 435 g/mol. The van der Waals surface area contributed by atoms with Gasteiger partial charge in [-0.3, -0.25) is 9.78 Å². The van der Waals surface area contributed by atoms with Gasteiger partial charge in [0.25, 0.3) is 5.91 Å². The fourth-order valence-electron chi connectivity index (χ4n) is 3.68. The van der Waals surface area contributed by atoms with Crippen molar-refractivity contribution < 1.29 is 27.1 Å². The standard InChI is InChI=1S/C21H20F3N3O4/c22-21(23,24)31-16-4-2-15(3-5-16)27-9-7-13(8-10-27)12-25-19(28)14-1-6-17-18(11-14)30-20(29)26-17/h1-6,11,13H,7-10,12H2,(H,25,28)(H,26,29). The highest BCUT2D eigenvalue weighted by molar-refractivity contribution is 5.96. The van der Waals surface area contributed by atoms with E-state index in [1.54, 1.807) is 24.3 Å². The van der Waals surface area contributed by atoms with Crippen molar-refractivity contribution >= 4 is 22.7 Å². The average Bonchev–Trinajstić information content (AvgIpc) is 3.11. The lowest BCUT2D eigenvalue weighted by atomic mass is 9.96. The Bertz CT molecular complexity index is 1110. The van der Waals surface area contributed by atoms with Crippen molar-refractivity contribution in [3.05, 3.63) is 58.6 Å². The Morgan fingerprint density at radius 1 is 1.16 bits per heavy atom. The number of fused-ring (bicyclic) bond motifs is 1. The van der Waals surface area contributed by atoms with Crippen LogP contribution in [-0.2, 0) is 0 Å². The first-order chi connectivity index (χ1) is 14.8. The molecule has 164 valence electrons. The second kappa shape index (κ2) is 8.37. The van der Waals surface area contributed by atoms with Gasteiger partial charge in [0.2, 0.25) is 0 Å². The summed E-state index contributed by atoms with van der Waals surface area (Å²) in [5.74, 6) is -0.761. The monoisotopic (exact) mass is 435 g/mol. The van der Waals surface area contributed by atoms with Gasteiger partial charge in [0, 0.05) is 30.9 Å². The zero-order chi connectivity index (χ0) is 22.0. The summed E-state index contributed by atoms with van der Waals surface area (Å²) in [6.07, 6.45) is -3.02. The molecule has 4 rings (SSSR count). The minimum Gasteiger partial charge on any atom is -0.408 e. The fourth-order valence-corrected chi connectivity index (χ4v) is 3.68. The second-order valence-electron chi connectivity index (χ2n) is 7.41. The number of amides is 1. The van der Waals surface area contributed by atoms with E-state index >= 15 is 0 Å². The van der Waals surface area contributed by atoms with Crippen LogP contribution in [-0.4, -0.2) is 36.9 Å². The SMILES string of the molecule is O=C(NCC1CCN(c2ccc(OC(F)(F)F)cc2)CC1)c1ccc2[nH]c(=O)oc2c1. The van der Waals surface area contributed by atoms with Crippen LogP contribution in [0.1, 0.15) is 23.2 Å². The van der Waals surface area contributed by atoms with Gasteiger partial charge in [-0.05, 0) is 61.2 Å². The zero-order valence-corrected chi connectivity index (χ0v) is 16.4. The van der Waals surface area contributed by atoms with Crippen molar-refractivity contribution in [1.29, 1.82) is 0 Å². The lowest BCUT2D eigenvalue weighted by Gasteiger charge is -2.33. The first-order valence-electron chi connectivity index (χ1n) is 9.79. The fraction of sp³-hybridized carbons (Fsp3) is 0.333. The molecule has 2 N–H and O–H groups in total. The van der Waals surface area contributed by atoms with E-state index in [1.807, 2.05) is 0 Å². The van der Waals surface area contributed by atoms with Crippen molar-refractivity contribution in [3.8, 4) is 5.75 Å². The molecule has 1 fully saturated rings.